The van der Waals surface area contributed by atoms with Gasteiger partial charge in [0.1, 0.15) is 5.82 Å². The van der Waals surface area contributed by atoms with E-state index in [9.17, 15) is 9.18 Å². The Labute approximate surface area is 171 Å². The van der Waals surface area contributed by atoms with E-state index < -0.39 is 0 Å². The number of rotatable bonds is 7. The first-order chi connectivity index (χ1) is 13.9. The molecule has 2 amide bonds. The van der Waals surface area contributed by atoms with E-state index in [1.54, 1.807) is 19.2 Å². The van der Waals surface area contributed by atoms with Gasteiger partial charge in [-0.2, -0.15) is 5.10 Å². The highest BCUT2D eigenvalue weighted by Gasteiger charge is 2.32. The number of hydrogen-bond donors (Lipinski definition) is 2. The van der Waals surface area contributed by atoms with Crippen molar-refractivity contribution in [3.63, 3.8) is 0 Å². The molecule has 158 valence electrons. The van der Waals surface area contributed by atoms with E-state index in [1.807, 2.05) is 15.8 Å². The Morgan fingerprint density at radius 1 is 1.24 bits per heavy atom. The molecule has 1 aromatic carbocycles. The molecular weight excluding hydrogens is 373 g/mol. The van der Waals surface area contributed by atoms with Crippen molar-refractivity contribution >= 4 is 6.03 Å². The molecule has 0 fully saturated rings. The van der Waals surface area contributed by atoms with Crippen LogP contribution in [-0.2, 0) is 17.7 Å². The smallest absolute Gasteiger partial charge is 0.317 e. The number of halogens is 1. The fourth-order valence-corrected chi connectivity index (χ4v) is 3.63. The van der Waals surface area contributed by atoms with Gasteiger partial charge in [0.05, 0.1) is 25.0 Å². The molecule has 0 aliphatic carbocycles. The van der Waals surface area contributed by atoms with Crippen LogP contribution in [0.15, 0.2) is 30.5 Å². The normalized spacial score (nSPS) is 15.7. The number of amides is 2. The number of carbonyl (C=O) groups excluding carboxylic acids is 1. The van der Waals surface area contributed by atoms with Gasteiger partial charge in [-0.3, -0.25) is 0 Å². The average molecular weight is 404 g/mol. The van der Waals surface area contributed by atoms with Crippen LogP contribution in [0.2, 0.25) is 0 Å². The second-order valence-corrected chi connectivity index (χ2v) is 8.18. The molecule has 1 aromatic heterocycles. The topological polar surface area (TPSA) is 71.4 Å². The number of carbonyl (C=O) groups is 1. The van der Waals surface area contributed by atoms with E-state index in [0.717, 1.165) is 29.9 Å². The van der Waals surface area contributed by atoms with Gasteiger partial charge in [-0.05, 0) is 36.1 Å². The summed E-state index contributed by atoms with van der Waals surface area (Å²) in [5, 5.41) is 10.7. The lowest BCUT2D eigenvalue weighted by Gasteiger charge is -2.30. The number of hydrogen-bond acceptors (Lipinski definition) is 4. The van der Waals surface area contributed by atoms with Crippen molar-refractivity contribution < 1.29 is 13.9 Å². The molecule has 7 nitrogen and oxygen atoms in total. The summed E-state index contributed by atoms with van der Waals surface area (Å²) in [6.45, 7) is 8.11. The second kappa shape index (κ2) is 9.37. The van der Waals surface area contributed by atoms with Crippen molar-refractivity contribution in [3.8, 4) is 5.69 Å². The summed E-state index contributed by atoms with van der Waals surface area (Å²) in [4.78, 5) is 14.6. The van der Waals surface area contributed by atoms with Gasteiger partial charge < -0.3 is 20.3 Å². The van der Waals surface area contributed by atoms with Gasteiger partial charge >= 0.3 is 6.03 Å². The number of nitrogens with one attached hydrogen (secondary N) is 2. The number of benzene rings is 1. The van der Waals surface area contributed by atoms with Gasteiger partial charge in [-0.25, -0.2) is 13.9 Å². The van der Waals surface area contributed by atoms with Gasteiger partial charge in [0.2, 0.25) is 0 Å². The molecular formula is C21H30FN5O2. The number of methoxy groups -OCH3 is 1. The first-order valence-corrected chi connectivity index (χ1v) is 9.94. The molecule has 2 N–H and O–H groups in total. The largest absolute Gasteiger partial charge is 0.383 e. The summed E-state index contributed by atoms with van der Waals surface area (Å²) in [5.41, 5.74) is 2.80. The summed E-state index contributed by atoms with van der Waals surface area (Å²) in [5.74, 6) is -0.271. The second-order valence-electron chi connectivity index (χ2n) is 8.18. The van der Waals surface area contributed by atoms with E-state index in [4.69, 9.17) is 4.74 Å². The molecule has 2 heterocycles. The molecule has 2 aromatic rings. The lowest BCUT2D eigenvalue weighted by Crippen LogP contribution is -2.45. The first kappa shape index (κ1) is 21.3. The van der Waals surface area contributed by atoms with E-state index >= 15 is 0 Å². The van der Waals surface area contributed by atoms with Crippen molar-refractivity contribution in [2.45, 2.75) is 26.8 Å². The number of fused-ring (bicyclic) bond motifs is 1. The van der Waals surface area contributed by atoms with Gasteiger partial charge in [-0.1, -0.05) is 13.8 Å². The molecule has 8 heteroatoms. The monoisotopic (exact) mass is 403 g/mol. The Morgan fingerprint density at radius 2 is 2.00 bits per heavy atom. The maximum absolute atomic E-state index is 13.3. The summed E-state index contributed by atoms with van der Waals surface area (Å²) < 4.78 is 20.1. The quantitative estimate of drug-likeness (QED) is 0.696. The average Bonchev–Trinajstić information content (AvgIpc) is 2.99. The van der Waals surface area contributed by atoms with Crippen molar-refractivity contribution in [2.75, 3.05) is 39.9 Å². The lowest BCUT2D eigenvalue weighted by atomic mass is 9.87. The van der Waals surface area contributed by atoms with Crippen molar-refractivity contribution in [1.82, 2.24) is 25.3 Å². The molecule has 0 atom stereocenters. The van der Waals surface area contributed by atoms with Crippen molar-refractivity contribution in [2.24, 2.45) is 5.41 Å². The van der Waals surface area contributed by atoms with Crippen LogP contribution in [0.4, 0.5) is 9.18 Å². The Kier molecular flexibility index (Phi) is 6.87. The molecule has 29 heavy (non-hydrogen) atoms. The summed E-state index contributed by atoms with van der Waals surface area (Å²) in [7, 11) is 1.66. The minimum Gasteiger partial charge on any atom is -0.383 e. The number of aromatic nitrogens is 2. The van der Waals surface area contributed by atoms with Gasteiger partial charge in [0, 0.05) is 44.5 Å². The summed E-state index contributed by atoms with van der Waals surface area (Å²) >= 11 is 0. The minimum atomic E-state index is -0.271. The zero-order valence-corrected chi connectivity index (χ0v) is 17.4. The van der Waals surface area contributed by atoms with E-state index in [2.05, 4.69) is 29.6 Å². The van der Waals surface area contributed by atoms with Crippen LogP contribution in [0.25, 0.3) is 5.69 Å². The predicted molar refractivity (Wildman–Crippen MR) is 110 cm³/mol. The lowest BCUT2D eigenvalue weighted by molar-refractivity contribution is 0.168. The van der Waals surface area contributed by atoms with Crippen molar-refractivity contribution in [1.29, 1.82) is 0 Å². The molecule has 0 bridgehead atoms. The molecule has 0 saturated heterocycles. The minimum absolute atomic E-state index is 0.0750. The fraction of sp³-hybridized carbons (Fsp3) is 0.524. The highest BCUT2D eigenvalue weighted by molar-refractivity contribution is 5.74. The van der Waals surface area contributed by atoms with E-state index in [0.29, 0.717) is 32.8 Å². The fourth-order valence-electron chi connectivity index (χ4n) is 3.63. The van der Waals surface area contributed by atoms with Crippen LogP contribution in [0, 0.1) is 11.2 Å². The first-order valence-electron chi connectivity index (χ1n) is 9.94. The molecule has 0 saturated carbocycles. The molecule has 1 aliphatic heterocycles. The van der Waals surface area contributed by atoms with Crippen LogP contribution in [-0.4, -0.2) is 60.6 Å². The molecule has 0 spiro atoms. The highest BCUT2D eigenvalue weighted by atomic mass is 19.1. The van der Waals surface area contributed by atoms with Crippen LogP contribution in [0.5, 0.6) is 0 Å². The molecule has 0 radical (unpaired) electrons. The highest BCUT2D eigenvalue weighted by Crippen LogP contribution is 2.31. The van der Waals surface area contributed by atoms with E-state index in [1.165, 1.54) is 12.1 Å². The number of urea groups is 1. The van der Waals surface area contributed by atoms with Gasteiger partial charge in [-0.15, -0.1) is 0 Å². The Bertz CT molecular complexity index is 819. The van der Waals surface area contributed by atoms with Crippen LogP contribution in [0.1, 0.15) is 25.1 Å². The summed E-state index contributed by atoms with van der Waals surface area (Å²) in [6.07, 6.45) is 2.59. The van der Waals surface area contributed by atoms with E-state index in [-0.39, 0.29) is 17.3 Å². The standard InChI is InChI=1S/C21H30FN5O2/c1-21(2)12-19-16(13-25-27(19)18-6-4-17(22)5-7-18)14-26(15-21)20(28)24-9-8-23-10-11-29-3/h4-7,13,23H,8-12,14-15H2,1-3H3,(H,24,28). The van der Waals surface area contributed by atoms with Crippen LogP contribution < -0.4 is 10.6 Å². The zero-order chi connectivity index (χ0) is 20.9. The van der Waals surface area contributed by atoms with Crippen LogP contribution in [0.3, 0.4) is 0 Å². The number of ether oxygens (including phenoxy) is 1. The Hall–Kier alpha value is -2.45. The Morgan fingerprint density at radius 3 is 2.72 bits per heavy atom. The predicted octanol–water partition coefficient (Wildman–Crippen LogP) is 2.34. The van der Waals surface area contributed by atoms with Gasteiger partial charge in [0.25, 0.3) is 0 Å². The van der Waals surface area contributed by atoms with Crippen LogP contribution >= 0.6 is 0 Å². The Balaban J connectivity index is 1.70. The third-order valence-electron chi connectivity index (χ3n) is 5.00. The van der Waals surface area contributed by atoms with Gasteiger partial charge in [0.15, 0.2) is 0 Å². The zero-order valence-electron chi connectivity index (χ0n) is 17.4. The third-order valence-corrected chi connectivity index (χ3v) is 5.00. The maximum Gasteiger partial charge on any atom is 0.317 e. The summed E-state index contributed by atoms with van der Waals surface area (Å²) in [6, 6.07) is 6.24. The third kappa shape index (κ3) is 5.55. The maximum atomic E-state index is 13.3. The molecule has 0 unspecified atom stereocenters. The van der Waals surface area contributed by atoms with Crippen molar-refractivity contribution in [3.05, 3.63) is 47.5 Å². The SMILES string of the molecule is COCCNCCNC(=O)N1Cc2cnn(-c3ccc(F)cc3)c2CC(C)(C)C1. The number of nitrogens with zero attached hydrogens (tertiary/aromatic N) is 3. The molecule has 3 rings (SSSR count). The molecule has 1 aliphatic rings.